The Morgan fingerprint density at radius 3 is 2.43 bits per heavy atom. The van der Waals surface area contributed by atoms with E-state index >= 15 is 0 Å². The summed E-state index contributed by atoms with van der Waals surface area (Å²) in [7, 11) is 0. The monoisotopic (exact) mass is 361 g/mol. The van der Waals surface area contributed by atoms with Crippen molar-refractivity contribution in [3.63, 3.8) is 0 Å². The summed E-state index contributed by atoms with van der Waals surface area (Å²) in [5.41, 5.74) is 0.928. The molecule has 0 bridgehead atoms. The Kier molecular flexibility index (Phi) is 4.56. The summed E-state index contributed by atoms with van der Waals surface area (Å²) < 4.78 is 51.9. The maximum absolute atomic E-state index is 13.2. The number of halogens is 5. The lowest BCUT2D eigenvalue weighted by Gasteiger charge is -2.12. The number of alkyl halides is 3. The molecule has 0 fully saturated rings. The quantitative estimate of drug-likeness (QED) is 0.709. The van der Waals surface area contributed by atoms with Gasteiger partial charge in [-0.2, -0.15) is 13.2 Å². The second-order valence-electron chi connectivity index (χ2n) is 4.64. The van der Waals surface area contributed by atoms with Crippen molar-refractivity contribution in [1.82, 2.24) is 0 Å². The van der Waals surface area contributed by atoms with Gasteiger partial charge in [-0.25, -0.2) is 4.39 Å². The molecule has 0 aliphatic carbocycles. The third kappa shape index (κ3) is 3.97. The summed E-state index contributed by atoms with van der Waals surface area (Å²) in [5, 5.41) is 2.86. The van der Waals surface area contributed by atoms with Gasteiger partial charge in [0.15, 0.2) is 0 Å². The van der Waals surface area contributed by atoms with Crippen LogP contribution in [0.1, 0.15) is 16.7 Å². The number of nitrogens with one attached hydrogen (secondary N) is 1. The summed E-state index contributed by atoms with van der Waals surface area (Å²) in [6, 6.07) is 8.58. The van der Waals surface area contributed by atoms with Crippen molar-refractivity contribution in [1.29, 1.82) is 0 Å². The minimum absolute atomic E-state index is 0.219. The van der Waals surface area contributed by atoms with Crippen LogP contribution >= 0.6 is 15.9 Å². The predicted octanol–water partition coefficient (Wildman–Crippen LogP) is 5.53. The highest BCUT2D eigenvalue weighted by atomic mass is 79.9. The summed E-state index contributed by atoms with van der Waals surface area (Å²) in [5.74, 6) is -1.27. The molecule has 6 heteroatoms. The first-order chi connectivity index (χ1) is 9.77. The van der Waals surface area contributed by atoms with Crippen LogP contribution in [0.2, 0.25) is 0 Å². The van der Waals surface area contributed by atoms with Crippen LogP contribution in [0.4, 0.5) is 23.2 Å². The molecule has 0 spiro atoms. The number of anilines is 1. The van der Waals surface area contributed by atoms with Gasteiger partial charge in [0.1, 0.15) is 5.82 Å². The molecule has 0 aliphatic heterocycles. The van der Waals surface area contributed by atoms with Gasteiger partial charge in [-0.05, 0) is 42.3 Å². The fraction of sp³-hybridized carbons (Fsp3) is 0.200. The average Bonchev–Trinajstić information content (AvgIpc) is 2.38. The molecular formula is C15H12BrF4N. The minimum Gasteiger partial charge on any atom is -0.381 e. The van der Waals surface area contributed by atoms with Crippen molar-refractivity contribution in [2.45, 2.75) is 19.6 Å². The van der Waals surface area contributed by atoms with Crippen molar-refractivity contribution in [2.75, 3.05) is 5.32 Å². The lowest BCUT2D eigenvalue weighted by atomic mass is 10.1. The third-order valence-electron chi connectivity index (χ3n) is 2.96. The fourth-order valence-electron chi connectivity index (χ4n) is 1.85. The molecule has 0 saturated heterocycles. The smallest absolute Gasteiger partial charge is 0.381 e. The summed E-state index contributed by atoms with van der Waals surface area (Å²) >= 11 is 3.40. The molecule has 2 aromatic carbocycles. The number of hydrogen-bond donors (Lipinski definition) is 1. The fourth-order valence-corrected chi connectivity index (χ4v) is 2.48. The molecule has 0 aromatic heterocycles. The van der Waals surface area contributed by atoms with Gasteiger partial charge < -0.3 is 5.32 Å². The van der Waals surface area contributed by atoms with Crippen LogP contribution in [0.3, 0.4) is 0 Å². The number of hydrogen-bond acceptors (Lipinski definition) is 1. The number of benzene rings is 2. The van der Waals surface area contributed by atoms with E-state index in [0.29, 0.717) is 6.54 Å². The van der Waals surface area contributed by atoms with Crippen LogP contribution in [-0.2, 0) is 12.7 Å². The minimum atomic E-state index is -4.70. The van der Waals surface area contributed by atoms with E-state index in [9.17, 15) is 17.6 Å². The summed E-state index contributed by atoms with van der Waals surface area (Å²) in [6.45, 7) is 2.28. The van der Waals surface area contributed by atoms with Crippen LogP contribution in [0, 0.1) is 12.7 Å². The van der Waals surface area contributed by atoms with Crippen molar-refractivity contribution < 1.29 is 17.6 Å². The Morgan fingerprint density at radius 1 is 1.10 bits per heavy atom. The summed E-state index contributed by atoms with van der Waals surface area (Å²) in [6.07, 6.45) is -4.70. The molecule has 0 heterocycles. The van der Waals surface area contributed by atoms with E-state index < -0.39 is 17.6 Å². The molecule has 0 radical (unpaired) electrons. The zero-order chi connectivity index (χ0) is 15.6. The van der Waals surface area contributed by atoms with Gasteiger partial charge >= 0.3 is 6.18 Å². The second-order valence-corrected chi connectivity index (χ2v) is 5.50. The van der Waals surface area contributed by atoms with Gasteiger partial charge in [0, 0.05) is 16.7 Å². The van der Waals surface area contributed by atoms with E-state index in [2.05, 4.69) is 21.2 Å². The van der Waals surface area contributed by atoms with Gasteiger partial charge in [-0.1, -0.05) is 28.1 Å². The zero-order valence-electron chi connectivity index (χ0n) is 11.1. The van der Waals surface area contributed by atoms with Crippen LogP contribution in [0.5, 0.6) is 0 Å². The van der Waals surface area contributed by atoms with E-state index in [1.54, 1.807) is 0 Å². The maximum atomic E-state index is 13.2. The molecule has 112 valence electrons. The van der Waals surface area contributed by atoms with E-state index in [-0.39, 0.29) is 5.69 Å². The second kappa shape index (κ2) is 6.05. The van der Waals surface area contributed by atoms with Crippen LogP contribution in [-0.4, -0.2) is 0 Å². The molecular weight excluding hydrogens is 350 g/mol. The van der Waals surface area contributed by atoms with Gasteiger partial charge in [0.2, 0.25) is 0 Å². The number of aryl methyl sites for hydroxylation is 1. The molecule has 0 saturated carbocycles. The Bertz CT molecular complexity index is 653. The molecule has 2 rings (SSSR count). The highest BCUT2D eigenvalue weighted by Gasteiger charge is 2.34. The van der Waals surface area contributed by atoms with E-state index in [1.165, 1.54) is 6.07 Å². The van der Waals surface area contributed by atoms with Crippen molar-refractivity contribution >= 4 is 21.6 Å². The molecule has 1 nitrogen and oxygen atoms in total. The Labute approximate surface area is 128 Å². The van der Waals surface area contributed by atoms with Gasteiger partial charge in [0.25, 0.3) is 0 Å². The van der Waals surface area contributed by atoms with Crippen molar-refractivity contribution in [3.8, 4) is 0 Å². The zero-order valence-corrected chi connectivity index (χ0v) is 12.6. The molecule has 0 amide bonds. The van der Waals surface area contributed by atoms with Crippen LogP contribution in [0.15, 0.2) is 40.9 Å². The Hall–Kier alpha value is -1.56. The highest BCUT2D eigenvalue weighted by molar-refractivity contribution is 9.10. The SMILES string of the molecule is Cc1ccc(CNc2ccc(F)c(C(F)(F)F)c2)c(Br)c1. The van der Waals surface area contributed by atoms with E-state index in [1.807, 2.05) is 25.1 Å². The van der Waals surface area contributed by atoms with E-state index in [4.69, 9.17) is 0 Å². The van der Waals surface area contributed by atoms with E-state index in [0.717, 1.165) is 27.7 Å². The predicted molar refractivity (Wildman–Crippen MR) is 77.6 cm³/mol. The van der Waals surface area contributed by atoms with Gasteiger partial charge in [-0.15, -0.1) is 0 Å². The molecule has 1 N–H and O–H groups in total. The van der Waals surface area contributed by atoms with Crippen molar-refractivity contribution in [2.24, 2.45) is 0 Å². The topological polar surface area (TPSA) is 12.0 Å². The first-order valence-electron chi connectivity index (χ1n) is 6.13. The standard InChI is InChI=1S/C15H12BrF4N/c1-9-2-3-10(13(16)6-9)8-21-11-4-5-14(17)12(7-11)15(18,19)20/h2-7,21H,8H2,1H3. The first-order valence-corrected chi connectivity index (χ1v) is 6.92. The normalized spacial score (nSPS) is 11.5. The van der Waals surface area contributed by atoms with Crippen LogP contribution < -0.4 is 5.32 Å². The highest BCUT2D eigenvalue weighted by Crippen LogP contribution is 2.33. The lowest BCUT2D eigenvalue weighted by molar-refractivity contribution is -0.139. The largest absolute Gasteiger partial charge is 0.419 e. The van der Waals surface area contributed by atoms with Gasteiger partial charge in [0.05, 0.1) is 5.56 Å². The van der Waals surface area contributed by atoms with Gasteiger partial charge in [-0.3, -0.25) is 0 Å². The molecule has 0 atom stereocenters. The maximum Gasteiger partial charge on any atom is 0.419 e. The molecule has 21 heavy (non-hydrogen) atoms. The first kappa shape index (κ1) is 15.8. The Balaban J connectivity index is 2.17. The molecule has 0 unspecified atom stereocenters. The molecule has 2 aromatic rings. The summed E-state index contributed by atoms with van der Waals surface area (Å²) in [4.78, 5) is 0. The lowest BCUT2D eigenvalue weighted by Crippen LogP contribution is -2.09. The Morgan fingerprint density at radius 2 is 1.81 bits per heavy atom. The third-order valence-corrected chi connectivity index (χ3v) is 3.70. The van der Waals surface area contributed by atoms with Crippen molar-refractivity contribution in [3.05, 3.63) is 63.4 Å². The van der Waals surface area contributed by atoms with Crippen LogP contribution in [0.25, 0.3) is 0 Å². The average molecular weight is 362 g/mol. The molecule has 0 aliphatic rings. The number of rotatable bonds is 3.